The van der Waals surface area contributed by atoms with Gasteiger partial charge in [-0.1, -0.05) is 35.6 Å². The summed E-state index contributed by atoms with van der Waals surface area (Å²) in [6.07, 6.45) is 1.73. The molecule has 3 N–H and O–H groups in total. The van der Waals surface area contributed by atoms with Gasteiger partial charge in [-0.3, -0.25) is 24.6 Å². The Kier molecular flexibility index (Phi) is 11.3. The van der Waals surface area contributed by atoms with Gasteiger partial charge in [-0.2, -0.15) is 0 Å². The summed E-state index contributed by atoms with van der Waals surface area (Å²) in [5.41, 5.74) is 3.15. The third-order valence-electron chi connectivity index (χ3n) is 6.73. The maximum absolute atomic E-state index is 13.0. The summed E-state index contributed by atoms with van der Waals surface area (Å²) in [6.45, 7) is 5.28. The van der Waals surface area contributed by atoms with Crippen LogP contribution in [0.2, 0.25) is 0 Å². The first-order chi connectivity index (χ1) is 19.9. The van der Waals surface area contributed by atoms with Gasteiger partial charge < -0.3 is 20.0 Å². The molecule has 2 aromatic carbocycles. The van der Waals surface area contributed by atoms with E-state index in [2.05, 4.69) is 10.3 Å². The average Bonchev–Trinajstić information content (AvgIpc) is 3.43. The minimum atomic E-state index is -0.250. The number of amides is 3. The van der Waals surface area contributed by atoms with Crippen LogP contribution in [0.4, 0.5) is 5.13 Å². The molecule has 0 spiro atoms. The zero-order valence-corrected chi connectivity index (χ0v) is 24.6. The van der Waals surface area contributed by atoms with Crippen molar-refractivity contribution in [1.82, 2.24) is 19.7 Å². The van der Waals surface area contributed by atoms with Gasteiger partial charge in [-0.25, -0.2) is 4.98 Å². The van der Waals surface area contributed by atoms with Crippen molar-refractivity contribution in [2.24, 2.45) is 0 Å². The van der Waals surface area contributed by atoms with E-state index in [0.29, 0.717) is 67.8 Å². The molecule has 1 fully saturated rings. The van der Waals surface area contributed by atoms with E-state index in [1.54, 1.807) is 46.8 Å². The molecular weight excluding hydrogens is 562 g/mol. The lowest BCUT2D eigenvalue weighted by molar-refractivity contribution is -0.130. The Morgan fingerprint density at radius 1 is 0.951 bits per heavy atom. The van der Waals surface area contributed by atoms with Gasteiger partial charge in [0, 0.05) is 69.6 Å². The van der Waals surface area contributed by atoms with Crippen molar-refractivity contribution in [3.05, 3.63) is 77.0 Å². The van der Waals surface area contributed by atoms with Crippen molar-refractivity contribution in [1.29, 1.82) is 0 Å². The fraction of sp³-hybridized carbons (Fsp3) is 0.379. The second-order valence-electron chi connectivity index (χ2n) is 9.65. The molecule has 41 heavy (non-hydrogen) atoms. The first-order valence-electron chi connectivity index (χ1n) is 13.4. The van der Waals surface area contributed by atoms with E-state index in [1.165, 1.54) is 11.3 Å². The van der Waals surface area contributed by atoms with Crippen molar-refractivity contribution in [3.63, 3.8) is 0 Å². The number of carbonyl (C=O) groups excluding carboxylic acids is 3. The predicted octanol–water partition coefficient (Wildman–Crippen LogP) is 2.78. The maximum Gasteiger partial charge on any atom is 0.257 e. The van der Waals surface area contributed by atoms with Crippen molar-refractivity contribution < 1.29 is 24.6 Å². The van der Waals surface area contributed by atoms with Crippen LogP contribution in [0.5, 0.6) is 0 Å². The molecule has 0 atom stereocenters. The molecule has 218 valence electrons. The van der Waals surface area contributed by atoms with Crippen molar-refractivity contribution in [2.75, 3.05) is 57.8 Å². The number of aliphatic hydroxyl groups is 2. The van der Waals surface area contributed by atoms with E-state index in [1.807, 2.05) is 41.3 Å². The molecule has 1 aliphatic heterocycles. The van der Waals surface area contributed by atoms with Gasteiger partial charge in [-0.15, -0.1) is 11.8 Å². The van der Waals surface area contributed by atoms with Crippen LogP contribution in [-0.4, -0.2) is 100 Å². The summed E-state index contributed by atoms with van der Waals surface area (Å²) >= 11 is 2.98. The highest BCUT2D eigenvalue weighted by Crippen LogP contribution is 2.31. The van der Waals surface area contributed by atoms with E-state index >= 15 is 0 Å². The molecule has 0 radical (unpaired) electrons. The Balaban J connectivity index is 1.27. The van der Waals surface area contributed by atoms with Gasteiger partial charge in [0.1, 0.15) is 0 Å². The van der Waals surface area contributed by atoms with Gasteiger partial charge in [0.05, 0.1) is 23.6 Å². The number of thioether (sulfide) groups is 1. The topological polar surface area (TPSA) is 126 Å². The Hall–Kier alpha value is -3.29. The predicted molar refractivity (Wildman–Crippen MR) is 160 cm³/mol. The lowest BCUT2D eigenvalue weighted by Crippen LogP contribution is -2.50. The van der Waals surface area contributed by atoms with Crippen LogP contribution >= 0.6 is 23.1 Å². The molecule has 0 bridgehead atoms. The molecule has 0 saturated carbocycles. The fourth-order valence-electron chi connectivity index (χ4n) is 4.48. The summed E-state index contributed by atoms with van der Waals surface area (Å²) in [7, 11) is 0. The SMILES string of the molecule is CC(=O)N1CCN(C(=O)c2cccc(CSc3cnc(NC(=O)c4ccc(CN(CCO)CCO)cc4)s3)c2)CC1. The summed E-state index contributed by atoms with van der Waals surface area (Å²) in [5, 5.41) is 21.7. The normalized spacial score (nSPS) is 13.5. The Labute approximate surface area is 248 Å². The number of piperazine rings is 1. The smallest absolute Gasteiger partial charge is 0.257 e. The zero-order chi connectivity index (χ0) is 29.2. The summed E-state index contributed by atoms with van der Waals surface area (Å²) in [4.78, 5) is 47.1. The Morgan fingerprint density at radius 3 is 2.29 bits per heavy atom. The second kappa shape index (κ2) is 15.1. The van der Waals surface area contributed by atoms with Crippen molar-refractivity contribution in [2.45, 2.75) is 23.4 Å². The molecule has 3 aromatic rings. The largest absolute Gasteiger partial charge is 0.395 e. The average molecular weight is 598 g/mol. The van der Waals surface area contributed by atoms with Crippen LogP contribution in [0.3, 0.4) is 0 Å². The molecule has 0 unspecified atom stereocenters. The van der Waals surface area contributed by atoms with Gasteiger partial charge >= 0.3 is 0 Å². The Morgan fingerprint density at radius 2 is 1.63 bits per heavy atom. The minimum Gasteiger partial charge on any atom is -0.395 e. The second-order valence-corrected chi connectivity index (χ2v) is 12.0. The van der Waals surface area contributed by atoms with Crippen LogP contribution in [-0.2, 0) is 17.1 Å². The third-order valence-corrected chi connectivity index (χ3v) is 8.91. The number of benzene rings is 2. The van der Waals surface area contributed by atoms with E-state index in [9.17, 15) is 24.6 Å². The van der Waals surface area contributed by atoms with Crippen molar-refractivity contribution in [3.8, 4) is 0 Å². The van der Waals surface area contributed by atoms with E-state index < -0.39 is 0 Å². The first kappa shape index (κ1) is 30.7. The zero-order valence-electron chi connectivity index (χ0n) is 23.0. The van der Waals surface area contributed by atoms with Gasteiger partial charge in [0.25, 0.3) is 11.8 Å². The summed E-state index contributed by atoms with van der Waals surface area (Å²) < 4.78 is 0.945. The number of aliphatic hydroxyl groups excluding tert-OH is 2. The number of nitrogens with zero attached hydrogens (tertiary/aromatic N) is 4. The number of hydrogen-bond donors (Lipinski definition) is 3. The standard InChI is InChI=1S/C29H35N5O5S2/c1-21(37)33-9-11-34(12-10-33)28(39)25-4-2-3-23(17-25)20-40-26-18-30-29(41-26)31-27(38)24-7-5-22(6-8-24)19-32(13-15-35)14-16-36/h2-8,17-18,35-36H,9-16,19-20H2,1H3,(H,30,31,38). The maximum atomic E-state index is 13.0. The highest BCUT2D eigenvalue weighted by atomic mass is 32.2. The molecule has 12 heteroatoms. The Bertz CT molecular complexity index is 1320. The third kappa shape index (κ3) is 8.85. The molecule has 1 saturated heterocycles. The van der Waals surface area contributed by atoms with Crippen LogP contribution < -0.4 is 5.32 Å². The number of anilines is 1. The summed E-state index contributed by atoms with van der Waals surface area (Å²) in [5.74, 6) is 0.414. The van der Waals surface area contributed by atoms with Gasteiger partial charge in [0.2, 0.25) is 5.91 Å². The molecule has 1 aromatic heterocycles. The van der Waals surface area contributed by atoms with E-state index in [4.69, 9.17) is 0 Å². The molecule has 4 rings (SSSR count). The highest BCUT2D eigenvalue weighted by Gasteiger charge is 2.23. The fourth-order valence-corrected chi connectivity index (χ4v) is 6.29. The van der Waals surface area contributed by atoms with Crippen LogP contribution in [0, 0.1) is 0 Å². The minimum absolute atomic E-state index is 0.0163. The quantitative estimate of drug-likeness (QED) is 0.272. The lowest BCUT2D eigenvalue weighted by Gasteiger charge is -2.34. The van der Waals surface area contributed by atoms with Gasteiger partial charge in [-0.05, 0) is 35.4 Å². The molecule has 3 amide bonds. The van der Waals surface area contributed by atoms with Gasteiger partial charge in [0.15, 0.2) is 5.13 Å². The number of nitrogens with one attached hydrogen (secondary N) is 1. The molecule has 2 heterocycles. The monoisotopic (exact) mass is 597 g/mol. The lowest BCUT2D eigenvalue weighted by atomic mass is 10.1. The molecular formula is C29H35N5O5S2. The van der Waals surface area contributed by atoms with Crippen LogP contribution in [0.15, 0.2) is 58.9 Å². The molecule has 0 aliphatic carbocycles. The first-order valence-corrected chi connectivity index (χ1v) is 15.2. The molecule has 1 aliphatic rings. The number of carbonyl (C=O) groups is 3. The number of rotatable bonds is 12. The number of hydrogen-bond acceptors (Lipinski definition) is 9. The number of thiazole rings is 1. The highest BCUT2D eigenvalue weighted by molar-refractivity contribution is 8.00. The van der Waals surface area contributed by atoms with Crippen LogP contribution in [0.1, 0.15) is 38.8 Å². The summed E-state index contributed by atoms with van der Waals surface area (Å²) in [6, 6.07) is 14.8. The van der Waals surface area contributed by atoms with E-state index in [0.717, 1.165) is 15.3 Å². The molecule has 10 nitrogen and oxygen atoms in total. The van der Waals surface area contributed by atoms with Crippen molar-refractivity contribution >= 4 is 46.0 Å². The number of aromatic nitrogens is 1. The van der Waals surface area contributed by atoms with Crippen LogP contribution in [0.25, 0.3) is 0 Å². The van der Waals surface area contributed by atoms with E-state index in [-0.39, 0.29) is 30.9 Å².